The van der Waals surface area contributed by atoms with Gasteiger partial charge in [0.15, 0.2) is 0 Å². The largest absolute Gasteiger partial charge is 0.456 e. The van der Waals surface area contributed by atoms with Gasteiger partial charge in [0, 0.05) is 32.3 Å². The Morgan fingerprint density at radius 2 is 0.483 bits per heavy atom. The van der Waals surface area contributed by atoms with Gasteiger partial charge in [-0.2, -0.15) is 0 Å². The van der Waals surface area contributed by atoms with Gasteiger partial charge in [-0.15, -0.1) is 0 Å². The molecule has 0 saturated carbocycles. The van der Waals surface area contributed by atoms with Gasteiger partial charge in [0.1, 0.15) is 33.5 Å². The summed E-state index contributed by atoms with van der Waals surface area (Å²) >= 11 is 0. The highest BCUT2D eigenvalue weighted by molar-refractivity contribution is 6.30. The summed E-state index contributed by atoms with van der Waals surface area (Å²) in [5.41, 5.74) is -1.65. The zero-order valence-electron chi connectivity index (χ0n) is 136. The Labute approximate surface area is 941 Å². The molecule has 0 aliphatic heterocycles. The molecule has 32 aromatic rings. The van der Waals surface area contributed by atoms with E-state index in [9.17, 15) is 31.5 Å². The minimum absolute atomic E-state index is 0.0291. The van der Waals surface area contributed by atoms with E-state index in [0.29, 0.717) is 55.4 Å². The molecule has 0 N–H and O–H groups in total. The molecule has 3 aromatic heterocycles. The summed E-state index contributed by atoms with van der Waals surface area (Å²) in [4.78, 5) is 0. The number of hydrogen-bond donors (Lipinski definition) is 0. The fourth-order valence-electron chi connectivity index (χ4n) is 20.7. The van der Waals surface area contributed by atoms with Crippen molar-refractivity contribution in [1.82, 2.24) is 0 Å². The van der Waals surface area contributed by atoms with Crippen molar-refractivity contribution >= 4 is 217 Å². The van der Waals surface area contributed by atoms with Crippen LogP contribution in [0.25, 0.3) is 317 Å². The van der Waals surface area contributed by atoms with Crippen LogP contribution in [0.4, 0.5) is 0 Å². The predicted molar refractivity (Wildman–Crippen MR) is 635 cm³/mol. The average Bonchev–Trinajstić information content (AvgIpc) is 0.781. The molecule has 0 unspecified atom stereocenters. The first kappa shape index (κ1) is 44.7. The molecular formula is C146H88O3. The van der Waals surface area contributed by atoms with Gasteiger partial charge in [-0.05, 0) is 342 Å². The summed E-state index contributed by atoms with van der Waals surface area (Å²) in [5, 5.41) is -2.93. The number of fused-ring (bicyclic) bond motifs is 26. The van der Waals surface area contributed by atoms with Crippen LogP contribution in [0.3, 0.4) is 0 Å². The lowest BCUT2D eigenvalue weighted by molar-refractivity contribution is 0.669. The van der Waals surface area contributed by atoms with Crippen molar-refractivity contribution in [1.29, 1.82) is 0 Å². The summed E-state index contributed by atoms with van der Waals surface area (Å²) in [6.45, 7) is 0. The Balaban J connectivity index is 0.000000132. The van der Waals surface area contributed by atoms with E-state index in [1.165, 1.54) is 0 Å². The van der Waals surface area contributed by atoms with Gasteiger partial charge >= 0.3 is 0 Å². The molecule has 3 nitrogen and oxygen atoms in total. The molecule has 0 radical (unpaired) electrons. The van der Waals surface area contributed by atoms with Crippen LogP contribution in [-0.4, -0.2) is 0 Å². The van der Waals surface area contributed by atoms with Gasteiger partial charge in [-0.3, -0.25) is 0 Å². The molecule has 0 spiro atoms. The molecule has 32 rings (SSSR count). The van der Waals surface area contributed by atoms with Gasteiger partial charge in [0.2, 0.25) is 0 Å². The van der Waals surface area contributed by atoms with Crippen molar-refractivity contribution in [2.24, 2.45) is 0 Å². The first-order valence-electron chi connectivity index (χ1n) is 76.5. The van der Waals surface area contributed by atoms with Gasteiger partial charge in [-0.25, -0.2) is 0 Å². The van der Waals surface area contributed by atoms with E-state index >= 15 is 0 Å². The molecule has 3 heteroatoms. The zero-order chi connectivity index (χ0) is 150. The molecule has 0 bridgehead atoms. The van der Waals surface area contributed by atoms with Crippen molar-refractivity contribution in [2.75, 3.05) is 0 Å². The number of benzene rings is 29. The Bertz CT molecular complexity index is 15000. The maximum Gasteiger partial charge on any atom is 0.136 e. The lowest BCUT2D eigenvalue weighted by atomic mass is 9.83. The summed E-state index contributed by atoms with van der Waals surface area (Å²) in [7, 11) is 0. The Morgan fingerprint density at radius 1 is 0.128 bits per heavy atom. The van der Waals surface area contributed by atoms with Crippen molar-refractivity contribution < 1.29 is 95.5 Å². The highest BCUT2D eigenvalue weighted by Crippen LogP contribution is 2.54. The second-order valence-corrected chi connectivity index (χ2v) is 35.0. The number of hydrogen-bond acceptors (Lipinski definition) is 3. The Morgan fingerprint density at radius 3 is 1.01 bits per heavy atom. The normalized spacial score (nSPS) is 17.5. The fourth-order valence-corrected chi connectivity index (χ4v) is 20.7. The van der Waals surface area contributed by atoms with Crippen molar-refractivity contribution in [3.63, 3.8) is 0 Å². The van der Waals surface area contributed by atoms with Crippen LogP contribution in [0.2, 0.25) is 0 Å². The standard InChI is InChI=1S/2C50H30O.C46H28O/c1-4-16-36-31(12-1)15-11-23-39(36)48-40-19-7-9-21-42(40)49(43-22-10-8-20-41(43)48)44-30-35(28-34-14-3-5-17-37(34)44)33-25-26-46-45(29-33)50-38-18-6-2-13-32(38)24-27-47(50)51-46;1-2-13-33-27-36(22-21-31(33)11-1)48-40-17-7-9-19-42(40)49(43-20-10-8-18-41(43)48)44-30-37(28-35-14-4-5-15-38(35)44)34-24-25-46-45(29-34)50-39-16-6-3-12-32(39)23-26-47(50)51-46;1-3-16-34-29(11-1)13-10-22-36(34)45-39-20-7-5-18-37(39)44(38-19-6-8-21-40(38)45)33-15-9-14-31(27-33)32-24-25-42-41(28-32)46-35-17-4-2-12-30(35)23-26-43(46)47-42/h2*1-30H;1-28H/i1D,2D,3D,4D,5D,6D,7D,8D,9D,10D,11D,12D,13D,14D,15D,16D,17D,18D,19D,20D,21D,22D,23D,24D,25D,26D,27D,28D,29D,30D;1D,2D,7D,8D,9D,10D,11D,13D,17D,18D,19D,20D,21D,22D,27D;1D,3D,5D,6D,7D,8D,10D,11D,13D,16D,18D,19D,20D,21D,22D. The smallest absolute Gasteiger partial charge is 0.136 e. The summed E-state index contributed by atoms with van der Waals surface area (Å²) in [5.74, 6) is 0. The third-order valence-corrected chi connectivity index (χ3v) is 27.1. The van der Waals surface area contributed by atoms with Crippen LogP contribution >= 0.6 is 0 Å². The van der Waals surface area contributed by atoms with Crippen molar-refractivity contribution in [3.05, 3.63) is 532 Å². The average molecular weight is 1950 g/mol. The predicted octanol–water partition coefficient (Wildman–Crippen LogP) is 41.9. The Hall–Kier alpha value is -19.6. The third kappa shape index (κ3) is 14.0. The summed E-state index contributed by atoms with van der Waals surface area (Å²) in [6, 6.07) is 4.28. The Kier molecular flexibility index (Phi) is 10.4. The van der Waals surface area contributed by atoms with Crippen LogP contribution in [0.1, 0.15) is 82.2 Å². The molecule has 0 saturated heterocycles. The van der Waals surface area contributed by atoms with Gasteiger partial charge < -0.3 is 13.3 Å². The number of rotatable bonds is 9. The zero-order valence-corrected chi connectivity index (χ0v) is 76.4. The maximum absolute atomic E-state index is 10.3. The summed E-state index contributed by atoms with van der Waals surface area (Å²) in [6.07, 6.45) is 0. The van der Waals surface area contributed by atoms with Crippen LogP contribution in [0, 0.1) is 0 Å². The topological polar surface area (TPSA) is 39.4 Å². The summed E-state index contributed by atoms with van der Waals surface area (Å²) < 4.78 is 563. The minimum atomic E-state index is -1.14. The molecule has 0 aliphatic carbocycles. The van der Waals surface area contributed by atoms with Gasteiger partial charge in [-0.1, -0.05) is 442 Å². The van der Waals surface area contributed by atoms with Crippen LogP contribution < -0.4 is 0 Å². The molecule has 0 amide bonds. The van der Waals surface area contributed by atoms with E-state index < -0.39 is 504 Å². The second kappa shape index (κ2) is 34.6. The van der Waals surface area contributed by atoms with E-state index in [4.69, 9.17) is 64.0 Å². The lowest BCUT2D eigenvalue weighted by Crippen LogP contribution is -1.93. The maximum atomic E-state index is 10.3. The quantitative estimate of drug-likeness (QED) is 0.135. The monoisotopic (exact) mass is 1950 g/mol. The highest BCUT2D eigenvalue weighted by atomic mass is 16.3. The van der Waals surface area contributed by atoms with E-state index in [1.807, 2.05) is 146 Å². The number of furan rings is 3. The molecule has 690 valence electrons. The molecule has 0 fully saturated rings. The minimum Gasteiger partial charge on any atom is -0.456 e. The molecule has 0 aliphatic rings. The van der Waals surface area contributed by atoms with Crippen LogP contribution in [0.15, 0.2) is 546 Å². The van der Waals surface area contributed by atoms with E-state index in [1.54, 1.807) is 24.3 Å². The molecule has 3 heterocycles. The molecule has 29 aromatic carbocycles. The molecule has 0 atom stereocenters. The van der Waals surface area contributed by atoms with Crippen molar-refractivity contribution in [2.45, 2.75) is 0 Å². The lowest BCUT2D eigenvalue weighted by Gasteiger charge is -2.20. The van der Waals surface area contributed by atoms with Crippen LogP contribution in [0.5, 0.6) is 0 Å². The fraction of sp³-hybridized carbons (Fsp3) is 0. The SMILES string of the molecule is [2H]c1c(-c2c([2H])c(-c3c4c([2H])c([2H])c([2H])c([2H])c4c(-c4c([2H])c([2H])c([2H])c5c([2H])c([2H])c([2H])c([2H])c45)c4c([2H])c([2H])c([2H])c([2H])c34)c3c([2H])c([2H])c([2H])c([2H])c3c2[2H])c([2H])c2c(oc3c([2H])c([2H])c4c([2H])c([2H])c([2H])c([2H])c4c32)c1[2H].[2H]c1c([2H])c([2H])c2c(-c3c4c([2H])c([2H])c([2H])c([2H])c4c(-c4cccc(-c5ccc6oc7ccc8ccccc8c7c6c5)c4)c4c([2H])c([2H])c([2H])c([2H])c34)c([2H])c([2H])c([2H])c2c1[2H].[2H]c1c([2H])c([2H])c2c([2H])c(-c3c4c([2H])c([2H])c([2H])c([2H])c4c(-c4cc(-c5ccc6oc7ccc8ccccc8c7c6c5)cc5ccccc45)c4c([2H])c([2H])c([2H])c([2H])c34)c([2H])c([2H])c2c1[2H]. The van der Waals surface area contributed by atoms with E-state index in [-0.39, 0.29) is 65.3 Å². The highest BCUT2D eigenvalue weighted by Gasteiger charge is 2.27. The van der Waals surface area contributed by atoms with Crippen LogP contribution in [-0.2, 0) is 0 Å². The third-order valence-electron chi connectivity index (χ3n) is 27.1. The van der Waals surface area contributed by atoms with Gasteiger partial charge in [0.05, 0.1) is 82.2 Å². The first-order valence-corrected chi connectivity index (χ1v) is 46.5. The van der Waals surface area contributed by atoms with E-state index in [0.717, 1.165) is 54.2 Å². The van der Waals surface area contributed by atoms with Crippen molar-refractivity contribution in [3.8, 4) is 100 Å². The second-order valence-electron chi connectivity index (χ2n) is 35.0. The van der Waals surface area contributed by atoms with E-state index in [2.05, 4.69) is 0 Å². The molecule has 149 heavy (non-hydrogen) atoms. The first-order chi connectivity index (χ1) is 98.9. The molecular weight excluding hydrogens is 1800 g/mol. The van der Waals surface area contributed by atoms with Gasteiger partial charge in [0.25, 0.3) is 0 Å².